The van der Waals surface area contributed by atoms with Crippen LogP contribution in [0.25, 0.3) is 135 Å². The third-order valence-electron chi connectivity index (χ3n) is 13.5. The molecule has 12 aromatic carbocycles. The first-order valence-corrected chi connectivity index (χ1v) is 22.2. The van der Waals surface area contributed by atoms with Crippen LogP contribution in [-0.2, 0) is 0 Å². The van der Waals surface area contributed by atoms with E-state index in [0.29, 0.717) is 0 Å². The van der Waals surface area contributed by atoms with Crippen molar-refractivity contribution in [3.05, 3.63) is 212 Å². The van der Waals surface area contributed by atoms with E-state index in [1.54, 1.807) is 0 Å². The van der Waals surface area contributed by atoms with Gasteiger partial charge in [-0.25, -0.2) is 0 Å². The SMILES string of the molecule is c1ccc(-n2c3ccccc3c3cc(-c4c5ccccc5c(-c5ccc6c(c5)sc5cc7c8ccccc8c8cc9ccccc9cc8c7cc56)c5ccccc45)ccc32)cc1. The van der Waals surface area contributed by atoms with Crippen LogP contribution in [-0.4, -0.2) is 4.57 Å². The highest BCUT2D eigenvalue weighted by molar-refractivity contribution is 7.26. The summed E-state index contributed by atoms with van der Waals surface area (Å²) in [5.41, 5.74) is 8.65. The van der Waals surface area contributed by atoms with Gasteiger partial charge in [-0.05, 0) is 148 Å². The van der Waals surface area contributed by atoms with Gasteiger partial charge in [-0.3, -0.25) is 0 Å². The molecule has 2 heteroatoms. The molecule has 0 saturated carbocycles. The van der Waals surface area contributed by atoms with Crippen LogP contribution < -0.4 is 0 Å². The van der Waals surface area contributed by atoms with Crippen molar-refractivity contribution < 1.29 is 0 Å². The van der Waals surface area contributed by atoms with Crippen molar-refractivity contribution in [3.63, 3.8) is 0 Å². The Labute approximate surface area is 360 Å². The van der Waals surface area contributed by atoms with Crippen molar-refractivity contribution in [2.45, 2.75) is 0 Å². The molecule has 0 amide bonds. The monoisotopic (exact) mass is 801 g/mol. The number of para-hydroxylation sites is 2. The van der Waals surface area contributed by atoms with E-state index in [4.69, 9.17) is 0 Å². The molecule has 0 aliphatic heterocycles. The Morgan fingerprint density at radius 3 is 1.39 bits per heavy atom. The number of nitrogens with zero attached hydrogens (tertiary/aromatic N) is 1. The Bertz CT molecular complexity index is 4150. The summed E-state index contributed by atoms with van der Waals surface area (Å²) in [6.07, 6.45) is 0. The second-order valence-corrected chi connectivity index (χ2v) is 17.8. The lowest BCUT2D eigenvalue weighted by atomic mass is 9.85. The first kappa shape index (κ1) is 34.0. The van der Waals surface area contributed by atoms with E-state index < -0.39 is 0 Å². The van der Waals surface area contributed by atoms with Crippen LogP contribution in [0.15, 0.2) is 212 Å². The molecule has 0 saturated heterocycles. The molecule has 0 aliphatic carbocycles. The second-order valence-electron chi connectivity index (χ2n) is 16.8. The van der Waals surface area contributed by atoms with E-state index in [1.807, 2.05) is 11.3 Å². The lowest BCUT2D eigenvalue weighted by Gasteiger charge is -2.18. The molecular weight excluding hydrogens is 767 g/mol. The van der Waals surface area contributed by atoms with Gasteiger partial charge >= 0.3 is 0 Å². The maximum atomic E-state index is 2.47. The summed E-state index contributed by atoms with van der Waals surface area (Å²) in [5.74, 6) is 0. The van der Waals surface area contributed by atoms with E-state index in [9.17, 15) is 0 Å². The molecule has 0 atom stereocenters. The molecule has 2 aromatic heterocycles. The van der Waals surface area contributed by atoms with Crippen LogP contribution in [0.1, 0.15) is 0 Å². The summed E-state index contributed by atoms with van der Waals surface area (Å²) in [6.45, 7) is 0. The number of hydrogen-bond acceptors (Lipinski definition) is 1. The van der Waals surface area contributed by atoms with Gasteiger partial charge in [-0.1, -0.05) is 152 Å². The van der Waals surface area contributed by atoms with Crippen LogP contribution in [0, 0.1) is 0 Å². The lowest BCUT2D eigenvalue weighted by molar-refractivity contribution is 1.18. The fourth-order valence-electron chi connectivity index (χ4n) is 10.8. The van der Waals surface area contributed by atoms with Gasteiger partial charge in [-0.15, -0.1) is 11.3 Å². The Morgan fingerprint density at radius 2 is 0.726 bits per heavy atom. The van der Waals surface area contributed by atoms with Gasteiger partial charge in [0.25, 0.3) is 0 Å². The summed E-state index contributed by atoms with van der Waals surface area (Å²) in [4.78, 5) is 0. The average Bonchev–Trinajstić information content (AvgIpc) is 3.86. The molecule has 0 aliphatic rings. The molecule has 14 aromatic rings. The zero-order valence-corrected chi connectivity index (χ0v) is 34.4. The topological polar surface area (TPSA) is 4.93 Å². The third-order valence-corrected chi connectivity index (χ3v) is 14.6. The molecule has 2 heterocycles. The van der Waals surface area contributed by atoms with Crippen molar-refractivity contribution in [1.29, 1.82) is 0 Å². The molecular formula is C60H35NS. The normalized spacial score (nSPS) is 12.2. The summed E-state index contributed by atoms with van der Waals surface area (Å²) < 4.78 is 5.03. The van der Waals surface area contributed by atoms with Crippen molar-refractivity contribution in [2.75, 3.05) is 0 Å². The zero-order chi connectivity index (χ0) is 40.5. The molecule has 0 bridgehead atoms. The van der Waals surface area contributed by atoms with Crippen LogP contribution in [0.4, 0.5) is 0 Å². The van der Waals surface area contributed by atoms with Crippen LogP contribution >= 0.6 is 11.3 Å². The lowest BCUT2D eigenvalue weighted by Crippen LogP contribution is -1.93. The molecule has 14 rings (SSSR count). The van der Waals surface area contributed by atoms with Gasteiger partial charge in [0, 0.05) is 36.6 Å². The largest absolute Gasteiger partial charge is 0.309 e. The molecule has 0 fully saturated rings. The van der Waals surface area contributed by atoms with Gasteiger partial charge in [0.2, 0.25) is 0 Å². The Hall–Kier alpha value is -7.78. The fraction of sp³-hybridized carbons (Fsp3) is 0. The first-order chi connectivity index (χ1) is 30.7. The summed E-state index contributed by atoms with van der Waals surface area (Å²) in [7, 11) is 0. The van der Waals surface area contributed by atoms with Gasteiger partial charge in [0.1, 0.15) is 0 Å². The average molecular weight is 802 g/mol. The van der Waals surface area contributed by atoms with E-state index >= 15 is 0 Å². The number of aromatic nitrogens is 1. The number of rotatable bonds is 3. The molecule has 0 spiro atoms. The minimum atomic E-state index is 1.17. The first-order valence-electron chi connectivity index (χ1n) is 21.4. The van der Waals surface area contributed by atoms with Crippen molar-refractivity contribution in [3.8, 4) is 27.9 Å². The summed E-state index contributed by atoms with van der Waals surface area (Å²) in [6, 6.07) is 79.3. The maximum absolute atomic E-state index is 2.47. The minimum Gasteiger partial charge on any atom is -0.309 e. The molecule has 1 nitrogen and oxygen atoms in total. The highest BCUT2D eigenvalue weighted by atomic mass is 32.1. The smallest absolute Gasteiger partial charge is 0.0541 e. The van der Waals surface area contributed by atoms with Crippen LogP contribution in [0.2, 0.25) is 0 Å². The molecule has 0 N–H and O–H groups in total. The van der Waals surface area contributed by atoms with Crippen molar-refractivity contribution in [2.24, 2.45) is 0 Å². The summed E-state index contributed by atoms with van der Waals surface area (Å²) >= 11 is 1.91. The van der Waals surface area contributed by atoms with Crippen LogP contribution in [0.3, 0.4) is 0 Å². The summed E-state index contributed by atoms with van der Waals surface area (Å²) in [5, 5.41) is 20.7. The van der Waals surface area contributed by atoms with E-state index in [2.05, 4.69) is 217 Å². The van der Waals surface area contributed by atoms with E-state index in [-0.39, 0.29) is 0 Å². The second kappa shape index (κ2) is 12.9. The number of hydrogen-bond donors (Lipinski definition) is 0. The molecule has 0 unspecified atom stereocenters. The number of fused-ring (bicyclic) bond motifs is 15. The molecule has 286 valence electrons. The van der Waals surface area contributed by atoms with Gasteiger partial charge in [0.05, 0.1) is 11.0 Å². The van der Waals surface area contributed by atoms with Crippen molar-refractivity contribution >= 4 is 118 Å². The number of thiophene rings is 1. The highest BCUT2D eigenvalue weighted by Gasteiger charge is 2.20. The quantitative estimate of drug-likeness (QED) is 0.124. The van der Waals surface area contributed by atoms with E-state index in [1.165, 1.54) is 135 Å². The van der Waals surface area contributed by atoms with E-state index in [0.717, 1.165) is 0 Å². The predicted octanol–water partition coefficient (Wildman–Crippen LogP) is 17.4. The predicted molar refractivity (Wildman–Crippen MR) is 270 cm³/mol. The van der Waals surface area contributed by atoms with Gasteiger partial charge in [-0.2, -0.15) is 0 Å². The maximum Gasteiger partial charge on any atom is 0.0541 e. The Balaban J connectivity index is 0.991. The standard InChI is InChI=1S/C60H35NS/c1-2-16-40(17-3-1)61-55-25-13-12-20-43(55)53-32-38(27-29-56(53)61)59-45-21-8-10-23-47(45)60(48-24-11-9-22-46(48)59)39-26-28-44-54-34-51-50-31-37-15-5-4-14-36(37)30-49(50)41-18-6-7-19-42(41)52(51)35-58(54)62-57(44)33-39/h1-35H. The highest BCUT2D eigenvalue weighted by Crippen LogP contribution is 2.48. The Kier molecular flexibility index (Phi) is 7.05. The minimum absolute atomic E-state index is 1.17. The van der Waals surface area contributed by atoms with Gasteiger partial charge in [0.15, 0.2) is 0 Å². The fourth-order valence-corrected chi connectivity index (χ4v) is 12.0. The van der Waals surface area contributed by atoms with Crippen LogP contribution in [0.5, 0.6) is 0 Å². The zero-order valence-electron chi connectivity index (χ0n) is 33.6. The third kappa shape index (κ3) is 4.78. The Morgan fingerprint density at radius 1 is 0.258 bits per heavy atom. The molecule has 62 heavy (non-hydrogen) atoms. The molecule has 0 radical (unpaired) electrons. The van der Waals surface area contributed by atoms with Crippen molar-refractivity contribution in [1.82, 2.24) is 4.57 Å². The number of benzene rings is 12. The van der Waals surface area contributed by atoms with Gasteiger partial charge < -0.3 is 4.57 Å².